The van der Waals surface area contributed by atoms with Crippen LogP contribution in [0.2, 0.25) is 0 Å². The molecule has 0 heterocycles. The molecular formula is C14H18N2O5S. The van der Waals surface area contributed by atoms with E-state index >= 15 is 0 Å². The van der Waals surface area contributed by atoms with Gasteiger partial charge in [-0.3, -0.25) is 4.79 Å². The fourth-order valence-corrected chi connectivity index (χ4v) is 3.40. The van der Waals surface area contributed by atoms with Crippen LogP contribution in [0.15, 0.2) is 29.2 Å². The number of nitriles is 1. The van der Waals surface area contributed by atoms with E-state index in [4.69, 9.17) is 15.1 Å². The second kappa shape index (κ2) is 7.77. The van der Waals surface area contributed by atoms with E-state index in [-0.39, 0.29) is 17.9 Å². The zero-order valence-corrected chi connectivity index (χ0v) is 13.2. The number of benzene rings is 1. The zero-order chi connectivity index (χ0) is 16.8. The number of carboxylic acid groups (broad SMARTS) is 1. The molecule has 120 valence electrons. The second-order valence-corrected chi connectivity index (χ2v) is 6.33. The van der Waals surface area contributed by atoms with Crippen molar-refractivity contribution in [3.8, 4) is 11.8 Å². The molecule has 1 atom stereocenters. The van der Waals surface area contributed by atoms with Gasteiger partial charge >= 0.3 is 5.97 Å². The van der Waals surface area contributed by atoms with Crippen molar-refractivity contribution < 1.29 is 23.1 Å². The minimum atomic E-state index is -4.00. The molecule has 1 N–H and O–H groups in total. The molecule has 0 saturated carbocycles. The summed E-state index contributed by atoms with van der Waals surface area (Å²) in [4.78, 5) is 11.1. The van der Waals surface area contributed by atoms with E-state index in [1.807, 2.05) is 13.0 Å². The van der Waals surface area contributed by atoms with Gasteiger partial charge in [0, 0.05) is 13.0 Å². The lowest BCUT2D eigenvalue weighted by atomic mass is 10.3. The molecule has 0 aliphatic heterocycles. The molecular weight excluding hydrogens is 308 g/mol. The van der Waals surface area contributed by atoms with Crippen LogP contribution < -0.4 is 4.74 Å². The van der Waals surface area contributed by atoms with Crippen molar-refractivity contribution in [2.24, 2.45) is 0 Å². The summed E-state index contributed by atoms with van der Waals surface area (Å²) in [6.07, 6.45) is -0.0894. The van der Waals surface area contributed by atoms with Crippen molar-refractivity contribution in [2.45, 2.75) is 31.2 Å². The number of nitrogens with zero attached hydrogens (tertiary/aromatic N) is 2. The van der Waals surface area contributed by atoms with Gasteiger partial charge in [-0.15, -0.1) is 0 Å². The van der Waals surface area contributed by atoms with Crippen molar-refractivity contribution in [3.63, 3.8) is 0 Å². The highest BCUT2D eigenvalue weighted by Crippen LogP contribution is 2.21. The first kappa shape index (κ1) is 17.9. The standard InChI is InChI=1S/C14H18N2O5S/c1-3-21-12-5-7-13(8-6-12)22(19,20)16(10-4-9-15)11(2)14(17)18/h5-8,11H,3-4,10H2,1-2H3,(H,17,18). The van der Waals surface area contributed by atoms with Gasteiger partial charge in [0.15, 0.2) is 0 Å². The summed E-state index contributed by atoms with van der Waals surface area (Å²) in [6, 6.07) is 6.28. The smallest absolute Gasteiger partial charge is 0.321 e. The van der Waals surface area contributed by atoms with E-state index in [9.17, 15) is 13.2 Å². The van der Waals surface area contributed by atoms with Gasteiger partial charge in [-0.1, -0.05) is 0 Å². The molecule has 0 saturated heterocycles. The first-order valence-electron chi connectivity index (χ1n) is 6.69. The molecule has 0 aliphatic carbocycles. The first-order valence-corrected chi connectivity index (χ1v) is 8.13. The van der Waals surface area contributed by atoms with Crippen LogP contribution >= 0.6 is 0 Å². The predicted octanol–water partition coefficient (Wildman–Crippen LogP) is 1.46. The Hall–Kier alpha value is -2.11. The summed E-state index contributed by atoms with van der Waals surface area (Å²) in [7, 11) is -4.00. The van der Waals surface area contributed by atoms with Crippen LogP contribution in [0.1, 0.15) is 20.3 Å². The molecule has 7 nitrogen and oxygen atoms in total. The lowest BCUT2D eigenvalue weighted by molar-refractivity contribution is -0.140. The minimum Gasteiger partial charge on any atom is -0.494 e. The number of carbonyl (C=O) groups is 1. The van der Waals surface area contributed by atoms with E-state index in [0.29, 0.717) is 12.4 Å². The summed E-state index contributed by atoms with van der Waals surface area (Å²) in [5.74, 6) is -0.747. The monoisotopic (exact) mass is 326 g/mol. The Morgan fingerprint density at radius 1 is 1.41 bits per heavy atom. The number of hydrogen-bond acceptors (Lipinski definition) is 5. The summed E-state index contributed by atoms with van der Waals surface area (Å²) in [5.41, 5.74) is 0. The molecule has 0 radical (unpaired) electrons. The van der Waals surface area contributed by atoms with Crippen molar-refractivity contribution in [2.75, 3.05) is 13.2 Å². The van der Waals surface area contributed by atoms with Crippen LogP contribution in [-0.4, -0.2) is 43.0 Å². The van der Waals surface area contributed by atoms with Gasteiger partial charge in [-0.05, 0) is 38.1 Å². The van der Waals surface area contributed by atoms with Gasteiger partial charge in [-0.25, -0.2) is 8.42 Å². The SMILES string of the molecule is CCOc1ccc(S(=O)(=O)N(CCC#N)C(C)C(=O)O)cc1. The fourth-order valence-electron chi connectivity index (χ4n) is 1.82. The molecule has 0 aliphatic rings. The van der Waals surface area contributed by atoms with Gasteiger partial charge in [-0.2, -0.15) is 9.57 Å². The predicted molar refractivity (Wildman–Crippen MR) is 78.8 cm³/mol. The van der Waals surface area contributed by atoms with E-state index in [0.717, 1.165) is 4.31 Å². The minimum absolute atomic E-state index is 0.0398. The highest BCUT2D eigenvalue weighted by Gasteiger charge is 2.32. The molecule has 1 unspecified atom stereocenters. The van der Waals surface area contributed by atoms with Gasteiger partial charge in [0.25, 0.3) is 0 Å². The maximum absolute atomic E-state index is 12.6. The largest absolute Gasteiger partial charge is 0.494 e. The van der Waals surface area contributed by atoms with Gasteiger partial charge in [0.05, 0.1) is 17.6 Å². The van der Waals surface area contributed by atoms with E-state index in [2.05, 4.69) is 0 Å². The Labute approximate surface area is 129 Å². The molecule has 1 aromatic carbocycles. The third kappa shape index (κ3) is 4.19. The Morgan fingerprint density at radius 2 is 2.00 bits per heavy atom. The lowest BCUT2D eigenvalue weighted by Crippen LogP contribution is -2.43. The molecule has 0 spiro atoms. The maximum atomic E-state index is 12.6. The zero-order valence-electron chi connectivity index (χ0n) is 12.4. The molecule has 0 aromatic heterocycles. The van der Waals surface area contributed by atoms with E-state index < -0.39 is 22.0 Å². The Balaban J connectivity index is 3.15. The molecule has 8 heteroatoms. The van der Waals surface area contributed by atoms with Gasteiger partial charge in [0.2, 0.25) is 10.0 Å². The van der Waals surface area contributed by atoms with Crippen LogP contribution in [0.5, 0.6) is 5.75 Å². The van der Waals surface area contributed by atoms with Crippen molar-refractivity contribution in [1.29, 1.82) is 5.26 Å². The summed E-state index contributed by atoms with van der Waals surface area (Å²) < 4.78 is 31.2. The van der Waals surface area contributed by atoms with Crippen molar-refractivity contribution in [3.05, 3.63) is 24.3 Å². The summed E-state index contributed by atoms with van der Waals surface area (Å²) in [5, 5.41) is 17.7. The van der Waals surface area contributed by atoms with Gasteiger partial charge < -0.3 is 9.84 Å². The van der Waals surface area contributed by atoms with Crippen LogP contribution in [-0.2, 0) is 14.8 Å². The maximum Gasteiger partial charge on any atom is 0.321 e. The number of hydrogen-bond donors (Lipinski definition) is 1. The fraction of sp³-hybridized carbons (Fsp3) is 0.429. The second-order valence-electron chi connectivity index (χ2n) is 4.44. The van der Waals surface area contributed by atoms with Crippen LogP contribution in [0.3, 0.4) is 0 Å². The van der Waals surface area contributed by atoms with E-state index in [1.165, 1.54) is 31.2 Å². The topological polar surface area (TPSA) is 108 Å². The molecule has 0 fully saturated rings. The summed E-state index contributed by atoms with van der Waals surface area (Å²) in [6.45, 7) is 3.35. The average Bonchev–Trinajstić information content (AvgIpc) is 2.48. The molecule has 1 aromatic rings. The quantitative estimate of drug-likeness (QED) is 0.775. The molecule has 0 bridgehead atoms. The van der Waals surface area contributed by atoms with Crippen LogP contribution in [0, 0.1) is 11.3 Å². The molecule has 1 rings (SSSR count). The average molecular weight is 326 g/mol. The van der Waals surface area contributed by atoms with Crippen molar-refractivity contribution >= 4 is 16.0 Å². The Morgan fingerprint density at radius 3 is 2.45 bits per heavy atom. The highest BCUT2D eigenvalue weighted by atomic mass is 32.2. The first-order chi connectivity index (χ1) is 10.3. The number of ether oxygens (including phenoxy) is 1. The summed E-state index contributed by atoms with van der Waals surface area (Å²) >= 11 is 0. The third-order valence-corrected chi connectivity index (χ3v) is 4.96. The number of carboxylic acids is 1. The third-order valence-electron chi connectivity index (χ3n) is 2.97. The normalized spacial score (nSPS) is 12.6. The highest BCUT2D eigenvalue weighted by molar-refractivity contribution is 7.89. The Bertz CT molecular complexity index is 649. The van der Waals surface area contributed by atoms with Crippen molar-refractivity contribution in [1.82, 2.24) is 4.31 Å². The Kier molecular flexibility index (Phi) is 6.34. The number of aliphatic carboxylic acids is 1. The van der Waals surface area contributed by atoms with Crippen LogP contribution in [0.4, 0.5) is 0 Å². The van der Waals surface area contributed by atoms with E-state index in [1.54, 1.807) is 0 Å². The molecule has 0 amide bonds. The lowest BCUT2D eigenvalue weighted by Gasteiger charge is -2.24. The number of rotatable bonds is 8. The van der Waals surface area contributed by atoms with Crippen LogP contribution in [0.25, 0.3) is 0 Å². The molecule has 22 heavy (non-hydrogen) atoms. The number of sulfonamides is 1. The van der Waals surface area contributed by atoms with Gasteiger partial charge in [0.1, 0.15) is 11.8 Å².